The lowest BCUT2D eigenvalue weighted by atomic mass is 10.1. The van der Waals surface area contributed by atoms with Crippen LogP contribution in [0.4, 0.5) is 23.2 Å². The predicted octanol–water partition coefficient (Wildman–Crippen LogP) is 4.04. The van der Waals surface area contributed by atoms with Gasteiger partial charge in [-0.15, -0.1) is 0 Å². The van der Waals surface area contributed by atoms with Crippen molar-refractivity contribution < 1.29 is 46.2 Å². The molecule has 0 aliphatic heterocycles. The van der Waals surface area contributed by atoms with E-state index in [2.05, 4.69) is 16.0 Å². The summed E-state index contributed by atoms with van der Waals surface area (Å²) in [5.41, 5.74) is 0.660. The number of rotatable bonds is 13. The van der Waals surface area contributed by atoms with Crippen molar-refractivity contribution in [2.75, 3.05) is 18.5 Å². The SMILES string of the molecule is Cc1cccc(F)c1NC(=O)C(=O)N[C@@H](C)C(=O)N[C@@H](CCOCc1ccccc1)C(=O)COc1c(C)c(F)cc(F)c1F. The van der Waals surface area contributed by atoms with Gasteiger partial charge in [0, 0.05) is 18.2 Å². The molecule has 3 amide bonds. The summed E-state index contributed by atoms with van der Waals surface area (Å²) >= 11 is 0. The standard InChI is InChI=1S/C31H31F4N3O6/c1-17-8-7-11-21(32)27(17)38-31(42)30(41)36-19(3)29(40)37-24(12-13-43-15-20-9-5-4-6-10-20)25(39)16-44-28-18(2)22(33)14-23(34)26(28)35/h4-11,14,19,24H,12-13,15-16H2,1-3H3,(H,36,41)(H,37,40)(H,38,42)/t19-,24-/m0/s1. The van der Waals surface area contributed by atoms with Gasteiger partial charge in [-0.1, -0.05) is 42.5 Å². The van der Waals surface area contributed by atoms with E-state index in [1.807, 2.05) is 30.3 Å². The third-order valence-corrected chi connectivity index (χ3v) is 6.50. The van der Waals surface area contributed by atoms with E-state index in [0.717, 1.165) is 18.6 Å². The number of carbonyl (C=O) groups is 4. The Balaban J connectivity index is 1.65. The Labute approximate surface area is 250 Å². The Hall–Kier alpha value is -4.78. The molecule has 3 aromatic carbocycles. The summed E-state index contributed by atoms with van der Waals surface area (Å²) in [5, 5.41) is 6.73. The van der Waals surface area contributed by atoms with E-state index >= 15 is 0 Å². The van der Waals surface area contributed by atoms with Crippen molar-refractivity contribution in [2.24, 2.45) is 0 Å². The molecule has 13 heteroatoms. The second kappa shape index (κ2) is 15.6. The number of amides is 3. The fourth-order valence-corrected chi connectivity index (χ4v) is 3.94. The molecule has 3 N–H and O–H groups in total. The first-order chi connectivity index (χ1) is 20.9. The molecule has 2 atom stereocenters. The number of ketones is 1. The summed E-state index contributed by atoms with van der Waals surface area (Å²) in [6, 6.07) is 10.9. The molecule has 0 aliphatic rings. The molecule has 0 heterocycles. The van der Waals surface area contributed by atoms with Gasteiger partial charge in [-0.2, -0.15) is 4.39 Å². The number of benzene rings is 3. The van der Waals surface area contributed by atoms with Crippen molar-refractivity contribution >= 4 is 29.2 Å². The fourth-order valence-electron chi connectivity index (χ4n) is 3.94. The quantitative estimate of drug-likeness (QED) is 0.115. The van der Waals surface area contributed by atoms with Crippen LogP contribution in [-0.4, -0.2) is 48.8 Å². The first-order valence-corrected chi connectivity index (χ1v) is 13.5. The summed E-state index contributed by atoms with van der Waals surface area (Å²) in [4.78, 5) is 50.7. The first kappa shape index (κ1) is 33.7. The number of anilines is 1. The van der Waals surface area contributed by atoms with Gasteiger partial charge in [-0.3, -0.25) is 19.2 Å². The van der Waals surface area contributed by atoms with Crippen LogP contribution >= 0.6 is 0 Å². The summed E-state index contributed by atoms with van der Waals surface area (Å²) in [6.45, 7) is 3.21. The second-order valence-electron chi connectivity index (χ2n) is 9.83. The molecule has 0 fully saturated rings. The Morgan fingerprint density at radius 2 is 1.55 bits per heavy atom. The zero-order valence-electron chi connectivity index (χ0n) is 24.1. The molecule has 3 aromatic rings. The Morgan fingerprint density at radius 1 is 0.841 bits per heavy atom. The number of carbonyl (C=O) groups excluding carboxylic acids is 4. The third kappa shape index (κ3) is 9.11. The van der Waals surface area contributed by atoms with Crippen LogP contribution in [0.2, 0.25) is 0 Å². The van der Waals surface area contributed by atoms with Crippen LogP contribution in [0.15, 0.2) is 54.6 Å². The topological polar surface area (TPSA) is 123 Å². The molecule has 0 aliphatic carbocycles. The van der Waals surface area contributed by atoms with E-state index < -0.39 is 71.2 Å². The Bertz CT molecular complexity index is 1470. The minimum absolute atomic E-state index is 0.0291. The highest BCUT2D eigenvalue weighted by molar-refractivity contribution is 6.40. The summed E-state index contributed by atoms with van der Waals surface area (Å²) in [5.74, 6) is -9.77. The normalized spacial score (nSPS) is 12.2. The van der Waals surface area contributed by atoms with Crippen LogP contribution in [0, 0.1) is 37.1 Å². The fraction of sp³-hybridized carbons (Fsp3) is 0.290. The smallest absolute Gasteiger partial charge is 0.313 e. The lowest BCUT2D eigenvalue weighted by molar-refractivity contribution is -0.138. The number of para-hydroxylation sites is 1. The van der Waals surface area contributed by atoms with Gasteiger partial charge in [0.25, 0.3) is 0 Å². The highest BCUT2D eigenvalue weighted by atomic mass is 19.2. The average molecular weight is 618 g/mol. The van der Waals surface area contributed by atoms with Crippen molar-refractivity contribution in [2.45, 2.75) is 45.9 Å². The van der Waals surface area contributed by atoms with E-state index in [1.54, 1.807) is 0 Å². The van der Waals surface area contributed by atoms with Crippen molar-refractivity contribution in [3.8, 4) is 5.75 Å². The van der Waals surface area contributed by atoms with Crippen molar-refractivity contribution in [3.05, 3.63) is 94.6 Å². The van der Waals surface area contributed by atoms with Crippen molar-refractivity contribution in [1.82, 2.24) is 10.6 Å². The molecule has 0 aromatic heterocycles. The zero-order chi connectivity index (χ0) is 32.4. The minimum Gasteiger partial charge on any atom is -0.482 e. The number of Topliss-reactive ketones (excluding diaryl/α,β-unsaturated/α-hetero) is 1. The molecule has 0 saturated heterocycles. The number of aryl methyl sites for hydroxylation is 1. The van der Waals surface area contributed by atoms with Crippen LogP contribution < -0.4 is 20.7 Å². The van der Waals surface area contributed by atoms with Crippen LogP contribution in [0.3, 0.4) is 0 Å². The average Bonchev–Trinajstić information content (AvgIpc) is 2.99. The van der Waals surface area contributed by atoms with Crippen LogP contribution in [0.25, 0.3) is 0 Å². The molecule has 0 radical (unpaired) electrons. The van der Waals surface area contributed by atoms with Crippen molar-refractivity contribution in [1.29, 1.82) is 0 Å². The van der Waals surface area contributed by atoms with Crippen LogP contribution in [0.5, 0.6) is 5.75 Å². The molecule has 44 heavy (non-hydrogen) atoms. The maximum atomic E-state index is 14.2. The van der Waals surface area contributed by atoms with Gasteiger partial charge >= 0.3 is 11.8 Å². The molecule has 234 valence electrons. The van der Waals surface area contributed by atoms with Crippen molar-refractivity contribution in [3.63, 3.8) is 0 Å². The van der Waals surface area contributed by atoms with Gasteiger partial charge in [0.2, 0.25) is 11.7 Å². The minimum atomic E-state index is -1.51. The number of hydrogen-bond acceptors (Lipinski definition) is 6. The number of nitrogens with one attached hydrogen (secondary N) is 3. The highest BCUT2D eigenvalue weighted by Gasteiger charge is 2.27. The van der Waals surface area contributed by atoms with Gasteiger partial charge in [0.1, 0.15) is 24.3 Å². The van der Waals surface area contributed by atoms with E-state index in [9.17, 15) is 36.7 Å². The number of hydrogen-bond donors (Lipinski definition) is 3. The number of halogens is 4. The zero-order valence-corrected chi connectivity index (χ0v) is 24.1. The highest BCUT2D eigenvalue weighted by Crippen LogP contribution is 2.27. The second-order valence-corrected chi connectivity index (χ2v) is 9.83. The van der Waals surface area contributed by atoms with E-state index in [4.69, 9.17) is 9.47 Å². The monoisotopic (exact) mass is 617 g/mol. The maximum Gasteiger partial charge on any atom is 0.313 e. The molecular weight excluding hydrogens is 586 g/mol. The lowest BCUT2D eigenvalue weighted by Crippen LogP contribution is -2.53. The Morgan fingerprint density at radius 3 is 2.23 bits per heavy atom. The van der Waals surface area contributed by atoms with Gasteiger partial charge in [0.15, 0.2) is 17.3 Å². The number of ether oxygens (including phenoxy) is 2. The maximum absolute atomic E-state index is 14.2. The van der Waals surface area contributed by atoms with E-state index in [1.165, 1.54) is 26.0 Å². The summed E-state index contributed by atoms with van der Waals surface area (Å²) in [6.07, 6.45) is -0.0898. The first-order valence-electron chi connectivity index (χ1n) is 13.5. The molecule has 0 unspecified atom stereocenters. The third-order valence-electron chi connectivity index (χ3n) is 6.50. The molecule has 0 bridgehead atoms. The van der Waals surface area contributed by atoms with E-state index in [0.29, 0.717) is 11.6 Å². The van der Waals surface area contributed by atoms with Crippen LogP contribution in [-0.2, 0) is 30.5 Å². The molecule has 9 nitrogen and oxygen atoms in total. The van der Waals surface area contributed by atoms with Gasteiger partial charge in [0.05, 0.1) is 18.3 Å². The molecule has 0 spiro atoms. The molecule has 3 rings (SSSR count). The largest absolute Gasteiger partial charge is 0.482 e. The molecule has 0 saturated carbocycles. The van der Waals surface area contributed by atoms with Crippen LogP contribution in [0.1, 0.15) is 30.0 Å². The predicted molar refractivity (Wildman–Crippen MR) is 152 cm³/mol. The summed E-state index contributed by atoms with van der Waals surface area (Å²) in [7, 11) is 0. The Kier molecular flexibility index (Phi) is 12.0. The summed E-state index contributed by atoms with van der Waals surface area (Å²) < 4.78 is 66.6. The van der Waals surface area contributed by atoms with Gasteiger partial charge in [-0.05, 0) is 44.4 Å². The van der Waals surface area contributed by atoms with E-state index in [-0.39, 0.29) is 30.9 Å². The molecular formula is C31H31F4N3O6. The van der Waals surface area contributed by atoms with Gasteiger partial charge < -0.3 is 25.4 Å². The lowest BCUT2D eigenvalue weighted by Gasteiger charge is -2.21. The van der Waals surface area contributed by atoms with Gasteiger partial charge in [-0.25, -0.2) is 13.2 Å².